The summed E-state index contributed by atoms with van der Waals surface area (Å²) in [7, 11) is 6.11. The quantitative estimate of drug-likeness (QED) is 0.801. The van der Waals surface area contributed by atoms with Crippen molar-refractivity contribution in [3.8, 4) is 34.1 Å². The molecular formula is C17H20N2O5. The normalized spacial score (nSPS) is 10.2. The first-order valence-corrected chi connectivity index (χ1v) is 7.14. The lowest BCUT2D eigenvalue weighted by molar-refractivity contribution is 0.230. The van der Waals surface area contributed by atoms with Gasteiger partial charge in [0.05, 0.1) is 19.9 Å². The van der Waals surface area contributed by atoms with Crippen LogP contribution in [0.5, 0.6) is 23.0 Å². The van der Waals surface area contributed by atoms with Crippen LogP contribution >= 0.6 is 0 Å². The van der Waals surface area contributed by atoms with E-state index in [4.69, 9.17) is 9.47 Å². The number of carbonyl (C=O) groups is 1. The Labute approximate surface area is 140 Å². The Kier molecular flexibility index (Phi) is 5.03. The Hall–Kier alpha value is -3.09. The standard InChI is InChI=1S/C17H20N2O5/c1-19(2)17(22)18-12-9-14(21)16(24-4)8-11(12)10-5-6-13(20)15(7-10)23-3/h5-9,20-21H,1-4H3,(H,18,22). The number of nitrogens with one attached hydrogen (secondary N) is 1. The molecular weight excluding hydrogens is 312 g/mol. The van der Waals surface area contributed by atoms with Crippen LogP contribution in [0.4, 0.5) is 10.5 Å². The number of nitrogens with zero attached hydrogens (tertiary/aromatic N) is 1. The SMILES string of the molecule is COc1cc(-c2cc(OC)c(O)cc2NC(=O)N(C)C)ccc1O. The van der Waals surface area contributed by atoms with Crippen LogP contribution in [-0.2, 0) is 0 Å². The van der Waals surface area contributed by atoms with Gasteiger partial charge in [0.1, 0.15) is 0 Å². The lowest BCUT2D eigenvalue weighted by Crippen LogP contribution is -2.27. The molecule has 0 heterocycles. The van der Waals surface area contributed by atoms with Gasteiger partial charge in [0.25, 0.3) is 0 Å². The van der Waals surface area contributed by atoms with Crippen LogP contribution in [0.1, 0.15) is 0 Å². The number of hydrogen-bond acceptors (Lipinski definition) is 5. The number of ether oxygens (including phenoxy) is 2. The Balaban J connectivity index is 2.59. The minimum atomic E-state index is -0.341. The van der Waals surface area contributed by atoms with E-state index in [9.17, 15) is 15.0 Å². The van der Waals surface area contributed by atoms with Gasteiger partial charge in [-0.05, 0) is 23.8 Å². The lowest BCUT2D eigenvalue weighted by atomic mass is 10.0. The fourth-order valence-corrected chi connectivity index (χ4v) is 2.15. The summed E-state index contributed by atoms with van der Waals surface area (Å²) in [5.74, 6) is 0.469. The minimum Gasteiger partial charge on any atom is -0.504 e. The van der Waals surface area contributed by atoms with Crippen molar-refractivity contribution in [2.75, 3.05) is 33.6 Å². The molecule has 2 amide bonds. The molecule has 0 radical (unpaired) electrons. The van der Waals surface area contributed by atoms with Crippen LogP contribution in [0, 0.1) is 0 Å². The zero-order valence-corrected chi connectivity index (χ0v) is 14.0. The van der Waals surface area contributed by atoms with Crippen molar-refractivity contribution in [2.24, 2.45) is 0 Å². The summed E-state index contributed by atoms with van der Waals surface area (Å²) in [6.45, 7) is 0. The number of benzene rings is 2. The number of aromatic hydroxyl groups is 2. The second-order valence-corrected chi connectivity index (χ2v) is 5.28. The molecule has 0 spiro atoms. The molecule has 3 N–H and O–H groups in total. The summed E-state index contributed by atoms with van der Waals surface area (Å²) >= 11 is 0. The highest BCUT2D eigenvalue weighted by molar-refractivity contribution is 5.95. The number of amides is 2. The molecule has 0 bridgehead atoms. The van der Waals surface area contributed by atoms with Crippen molar-refractivity contribution in [1.82, 2.24) is 4.90 Å². The molecule has 0 fully saturated rings. The van der Waals surface area contributed by atoms with Crippen LogP contribution in [0.15, 0.2) is 30.3 Å². The number of phenolic OH excluding ortho intramolecular Hbond substituents is 2. The fraction of sp³-hybridized carbons (Fsp3) is 0.235. The van der Waals surface area contributed by atoms with Crippen molar-refractivity contribution in [3.63, 3.8) is 0 Å². The molecule has 0 aliphatic heterocycles. The van der Waals surface area contributed by atoms with Crippen LogP contribution in [0.2, 0.25) is 0 Å². The molecule has 0 unspecified atom stereocenters. The molecule has 2 rings (SSSR count). The van der Waals surface area contributed by atoms with Crippen LogP contribution < -0.4 is 14.8 Å². The second kappa shape index (κ2) is 6.99. The predicted octanol–water partition coefficient (Wildman–Crippen LogP) is 2.88. The Morgan fingerprint density at radius 2 is 1.62 bits per heavy atom. The Morgan fingerprint density at radius 3 is 2.21 bits per heavy atom. The molecule has 2 aromatic rings. The fourth-order valence-electron chi connectivity index (χ4n) is 2.15. The van der Waals surface area contributed by atoms with E-state index in [-0.39, 0.29) is 23.3 Å². The lowest BCUT2D eigenvalue weighted by Gasteiger charge is -2.17. The van der Waals surface area contributed by atoms with Crippen molar-refractivity contribution >= 4 is 11.7 Å². The average Bonchev–Trinajstić information content (AvgIpc) is 2.55. The summed E-state index contributed by atoms with van der Waals surface area (Å²) in [5, 5.41) is 22.5. The van der Waals surface area contributed by atoms with Gasteiger partial charge in [-0.3, -0.25) is 0 Å². The van der Waals surface area contributed by atoms with E-state index in [1.165, 1.54) is 31.3 Å². The topological polar surface area (TPSA) is 91.3 Å². The van der Waals surface area contributed by atoms with Crippen LogP contribution in [0.25, 0.3) is 11.1 Å². The first-order chi connectivity index (χ1) is 11.4. The maximum atomic E-state index is 12.0. The van der Waals surface area contributed by atoms with Crippen LogP contribution in [0.3, 0.4) is 0 Å². The van der Waals surface area contributed by atoms with Crippen molar-refractivity contribution < 1.29 is 24.5 Å². The Morgan fingerprint density at radius 1 is 1.00 bits per heavy atom. The highest BCUT2D eigenvalue weighted by Gasteiger charge is 2.16. The van der Waals surface area contributed by atoms with Gasteiger partial charge in [-0.25, -0.2) is 4.79 Å². The van der Waals surface area contributed by atoms with Gasteiger partial charge in [-0.2, -0.15) is 0 Å². The van der Waals surface area contributed by atoms with Gasteiger partial charge < -0.3 is 29.9 Å². The third kappa shape index (κ3) is 3.45. The van der Waals surface area contributed by atoms with Gasteiger partial charge in [0.15, 0.2) is 23.0 Å². The van der Waals surface area contributed by atoms with Gasteiger partial charge in [-0.15, -0.1) is 0 Å². The maximum Gasteiger partial charge on any atom is 0.321 e. The molecule has 0 saturated heterocycles. The molecule has 0 atom stereocenters. The van der Waals surface area contributed by atoms with E-state index in [0.717, 1.165) is 0 Å². The summed E-state index contributed by atoms with van der Waals surface area (Å²) in [4.78, 5) is 13.4. The van der Waals surface area contributed by atoms with E-state index < -0.39 is 0 Å². The van der Waals surface area contributed by atoms with Crippen LogP contribution in [-0.4, -0.2) is 49.5 Å². The van der Waals surface area contributed by atoms with Gasteiger partial charge in [-0.1, -0.05) is 6.07 Å². The first kappa shape index (κ1) is 17.3. The van der Waals surface area contributed by atoms with E-state index in [0.29, 0.717) is 22.6 Å². The first-order valence-electron chi connectivity index (χ1n) is 7.14. The number of phenols is 2. The third-order valence-electron chi connectivity index (χ3n) is 3.46. The van der Waals surface area contributed by atoms with Crippen molar-refractivity contribution in [2.45, 2.75) is 0 Å². The van der Waals surface area contributed by atoms with Gasteiger partial charge >= 0.3 is 6.03 Å². The zero-order chi connectivity index (χ0) is 17.9. The van der Waals surface area contributed by atoms with E-state index in [1.54, 1.807) is 32.3 Å². The van der Waals surface area contributed by atoms with E-state index >= 15 is 0 Å². The number of carbonyl (C=O) groups excluding carboxylic acids is 1. The molecule has 0 aliphatic carbocycles. The molecule has 0 aliphatic rings. The molecule has 128 valence electrons. The summed E-state index contributed by atoms with van der Waals surface area (Å²) in [5.41, 5.74) is 1.69. The van der Waals surface area contributed by atoms with E-state index in [1.807, 2.05) is 0 Å². The number of rotatable bonds is 4. The van der Waals surface area contributed by atoms with E-state index in [2.05, 4.69) is 5.32 Å². The molecule has 7 heteroatoms. The Bertz CT molecular complexity index is 759. The highest BCUT2D eigenvalue weighted by atomic mass is 16.5. The molecule has 0 saturated carbocycles. The summed E-state index contributed by atoms with van der Waals surface area (Å²) in [6, 6.07) is 7.47. The monoisotopic (exact) mass is 332 g/mol. The number of methoxy groups -OCH3 is 2. The number of urea groups is 1. The molecule has 24 heavy (non-hydrogen) atoms. The second-order valence-electron chi connectivity index (χ2n) is 5.28. The minimum absolute atomic E-state index is 0.00544. The number of hydrogen-bond donors (Lipinski definition) is 3. The van der Waals surface area contributed by atoms with Gasteiger partial charge in [0, 0.05) is 25.7 Å². The van der Waals surface area contributed by atoms with Crippen molar-refractivity contribution in [3.05, 3.63) is 30.3 Å². The zero-order valence-electron chi connectivity index (χ0n) is 14.0. The smallest absolute Gasteiger partial charge is 0.321 e. The summed E-state index contributed by atoms with van der Waals surface area (Å²) < 4.78 is 10.3. The maximum absolute atomic E-state index is 12.0. The molecule has 2 aromatic carbocycles. The van der Waals surface area contributed by atoms with Crippen molar-refractivity contribution in [1.29, 1.82) is 0 Å². The summed E-state index contributed by atoms with van der Waals surface area (Å²) in [6.07, 6.45) is 0. The van der Waals surface area contributed by atoms with Gasteiger partial charge in [0.2, 0.25) is 0 Å². The molecule has 0 aromatic heterocycles. The highest BCUT2D eigenvalue weighted by Crippen LogP contribution is 2.40. The average molecular weight is 332 g/mol. The number of anilines is 1. The molecule has 7 nitrogen and oxygen atoms in total. The third-order valence-corrected chi connectivity index (χ3v) is 3.46. The predicted molar refractivity (Wildman–Crippen MR) is 91.0 cm³/mol. The largest absolute Gasteiger partial charge is 0.504 e.